The topological polar surface area (TPSA) is 125 Å². The van der Waals surface area contributed by atoms with Gasteiger partial charge in [0, 0.05) is 50.4 Å². The van der Waals surface area contributed by atoms with E-state index in [1.807, 2.05) is 27.2 Å². The summed E-state index contributed by atoms with van der Waals surface area (Å²) in [5.74, 6) is 0.888. The number of nitrogens with two attached hydrogens (primary N) is 1. The molecule has 2 aromatic carbocycles. The Kier molecular flexibility index (Phi) is 7.27. The number of hydrogen-bond donors (Lipinski definition) is 2. The quantitative estimate of drug-likeness (QED) is 0.352. The molecule has 0 amide bonds. The van der Waals surface area contributed by atoms with Gasteiger partial charge < -0.3 is 25.6 Å². The number of benzene rings is 2. The van der Waals surface area contributed by atoms with Gasteiger partial charge in [-0.25, -0.2) is 4.98 Å². The fourth-order valence-corrected chi connectivity index (χ4v) is 4.04. The molecule has 4 aromatic rings. The van der Waals surface area contributed by atoms with Crippen molar-refractivity contribution in [2.45, 2.75) is 0 Å². The molecule has 0 spiro atoms. The summed E-state index contributed by atoms with van der Waals surface area (Å²) in [6.45, 7) is 1.69. The SMILES string of the molecule is COc1cc(N(C)CCN(C)C)c(N)cc1Nc1ncc2cc(-c3cccc(C#N)c3)c(=O)n(C)c2n1. The van der Waals surface area contributed by atoms with Crippen LogP contribution < -0.4 is 26.2 Å². The summed E-state index contributed by atoms with van der Waals surface area (Å²) in [6.07, 6.45) is 1.65. The Hall–Kier alpha value is -4.62. The van der Waals surface area contributed by atoms with Crippen LogP contribution in [0, 0.1) is 11.3 Å². The van der Waals surface area contributed by atoms with E-state index in [1.165, 1.54) is 4.57 Å². The lowest BCUT2D eigenvalue weighted by atomic mass is 10.0. The third kappa shape index (κ3) is 5.32. The van der Waals surface area contributed by atoms with Crippen LogP contribution in [0.4, 0.5) is 23.0 Å². The van der Waals surface area contributed by atoms with Crippen LogP contribution >= 0.6 is 0 Å². The number of rotatable bonds is 8. The Bertz CT molecular complexity index is 1560. The fourth-order valence-electron chi connectivity index (χ4n) is 4.04. The molecular weight excluding hydrogens is 468 g/mol. The van der Waals surface area contributed by atoms with Gasteiger partial charge in [0.05, 0.1) is 35.8 Å². The van der Waals surface area contributed by atoms with Crippen LogP contribution in [0.3, 0.4) is 0 Å². The van der Waals surface area contributed by atoms with Gasteiger partial charge in [0.2, 0.25) is 5.95 Å². The summed E-state index contributed by atoms with van der Waals surface area (Å²) in [4.78, 5) is 26.4. The standard InChI is InChI=1S/C27H30N8O2/c1-33(2)9-10-34(3)23-14-24(37-5)22(13-21(23)29)31-27-30-16-19-12-20(26(36)35(4)25(19)32-27)18-8-6-7-17(11-18)15-28/h6-8,11-14,16H,9-10,29H2,1-5H3,(H,30,31,32). The van der Waals surface area contributed by atoms with E-state index in [9.17, 15) is 10.1 Å². The first kappa shape index (κ1) is 25.5. The number of nitriles is 1. The number of anilines is 4. The molecule has 0 bridgehead atoms. The highest BCUT2D eigenvalue weighted by molar-refractivity contribution is 5.83. The molecule has 0 atom stereocenters. The summed E-state index contributed by atoms with van der Waals surface area (Å²) < 4.78 is 7.09. The number of nitrogens with one attached hydrogen (secondary N) is 1. The Labute approximate surface area is 215 Å². The molecule has 10 nitrogen and oxygen atoms in total. The lowest BCUT2D eigenvalue weighted by molar-refractivity contribution is 0.413. The fraction of sp³-hybridized carbons (Fsp3) is 0.259. The summed E-state index contributed by atoms with van der Waals surface area (Å²) in [7, 11) is 9.29. The predicted molar refractivity (Wildman–Crippen MR) is 147 cm³/mol. The number of fused-ring (bicyclic) bond motifs is 1. The number of aromatic nitrogens is 3. The molecule has 0 aliphatic carbocycles. The van der Waals surface area contributed by atoms with Crippen molar-refractivity contribution in [3.8, 4) is 22.9 Å². The molecule has 2 heterocycles. The molecule has 10 heteroatoms. The average Bonchev–Trinajstić information content (AvgIpc) is 2.89. The smallest absolute Gasteiger partial charge is 0.259 e. The summed E-state index contributed by atoms with van der Waals surface area (Å²) in [5.41, 5.74) is 10.3. The zero-order chi connectivity index (χ0) is 26.7. The second-order valence-corrected chi connectivity index (χ2v) is 9.05. The maximum atomic E-state index is 13.1. The van der Waals surface area contributed by atoms with E-state index in [4.69, 9.17) is 10.5 Å². The van der Waals surface area contributed by atoms with Crippen molar-refractivity contribution in [2.75, 3.05) is 57.3 Å². The number of likely N-dealkylation sites (N-methyl/N-ethyl adjacent to an activating group) is 2. The highest BCUT2D eigenvalue weighted by Gasteiger charge is 2.15. The summed E-state index contributed by atoms with van der Waals surface area (Å²) in [5, 5.41) is 13.1. The number of nitrogens with zero attached hydrogens (tertiary/aromatic N) is 6. The lowest BCUT2D eigenvalue weighted by Crippen LogP contribution is -2.29. The van der Waals surface area contributed by atoms with Crippen molar-refractivity contribution in [1.82, 2.24) is 19.4 Å². The number of hydrogen-bond acceptors (Lipinski definition) is 9. The van der Waals surface area contributed by atoms with E-state index < -0.39 is 0 Å². The van der Waals surface area contributed by atoms with Gasteiger partial charge in [-0.3, -0.25) is 9.36 Å². The van der Waals surface area contributed by atoms with Gasteiger partial charge in [-0.15, -0.1) is 0 Å². The Balaban J connectivity index is 1.68. The molecular formula is C27H30N8O2. The minimum atomic E-state index is -0.223. The van der Waals surface area contributed by atoms with Crippen LogP contribution in [-0.4, -0.2) is 60.8 Å². The zero-order valence-corrected chi connectivity index (χ0v) is 21.6. The molecule has 0 aliphatic rings. The van der Waals surface area contributed by atoms with E-state index >= 15 is 0 Å². The van der Waals surface area contributed by atoms with E-state index in [1.54, 1.807) is 56.8 Å². The maximum absolute atomic E-state index is 13.1. The van der Waals surface area contributed by atoms with Crippen LogP contribution in [-0.2, 0) is 7.05 Å². The zero-order valence-electron chi connectivity index (χ0n) is 21.6. The third-order valence-corrected chi connectivity index (χ3v) is 6.14. The van der Waals surface area contributed by atoms with Gasteiger partial charge >= 0.3 is 0 Å². The van der Waals surface area contributed by atoms with Crippen LogP contribution in [0.25, 0.3) is 22.2 Å². The van der Waals surface area contributed by atoms with Crippen molar-refractivity contribution in [2.24, 2.45) is 7.05 Å². The second kappa shape index (κ2) is 10.6. The normalized spacial score (nSPS) is 10.9. The molecule has 37 heavy (non-hydrogen) atoms. The van der Waals surface area contributed by atoms with Crippen LogP contribution in [0.2, 0.25) is 0 Å². The molecule has 0 saturated carbocycles. The molecule has 190 valence electrons. The van der Waals surface area contributed by atoms with Gasteiger partial charge in [0.15, 0.2) is 0 Å². The van der Waals surface area contributed by atoms with E-state index in [0.717, 1.165) is 18.8 Å². The van der Waals surface area contributed by atoms with Gasteiger partial charge in [0.25, 0.3) is 5.56 Å². The first-order valence-corrected chi connectivity index (χ1v) is 11.7. The van der Waals surface area contributed by atoms with Crippen LogP contribution in [0.5, 0.6) is 5.75 Å². The van der Waals surface area contributed by atoms with E-state index in [-0.39, 0.29) is 5.56 Å². The largest absolute Gasteiger partial charge is 0.494 e. The van der Waals surface area contributed by atoms with Crippen molar-refractivity contribution >= 4 is 34.0 Å². The van der Waals surface area contributed by atoms with Crippen molar-refractivity contribution in [3.05, 3.63) is 64.6 Å². The minimum absolute atomic E-state index is 0.223. The van der Waals surface area contributed by atoms with Crippen molar-refractivity contribution in [1.29, 1.82) is 5.26 Å². The maximum Gasteiger partial charge on any atom is 0.259 e. The molecule has 0 radical (unpaired) electrons. The van der Waals surface area contributed by atoms with Gasteiger partial charge in [0.1, 0.15) is 11.4 Å². The Morgan fingerprint density at radius 3 is 2.65 bits per heavy atom. The monoisotopic (exact) mass is 498 g/mol. The molecule has 3 N–H and O–H groups in total. The summed E-state index contributed by atoms with van der Waals surface area (Å²) >= 11 is 0. The number of nitrogen functional groups attached to an aromatic ring is 1. The number of pyridine rings is 1. The number of aryl methyl sites for hydroxylation is 1. The number of methoxy groups -OCH3 is 1. The average molecular weight is 499 g/mol. The molecule has 0 unspecified atom stereocenters. The highest BCUT2D eigenvalue weighted by Crippen LogP contribution is 2.36. The Morgan fingerprint density at radius 2 is 1.95 bits per heavy atom. The summed E-state index contributed by atoms with van der Waals surface area (Å²) in [6, 6.07) is 14.5. The van der Waals surface area contributed by atoms with Crippen molar-refractivity contribution in [3.63, 3.8) is 0 Å². The first-order chi connectivity index (χ1) is 17.7. The molecule has 4 rings (SSSR count). The lowest BCUT2D eigenvalue weighted by Gasteiger charge is -2.24. The Morgan fingerprint density at radius 1 is 1.16 bits per heavy atom. The molecule has 0 saturated heterocycles. The van der Waals surface area contributed by atoms with Gasteiger partial charge in [-0.05, 0) is 43.9 Å². The van der Waals surface area contributed by atoms with Gasteiger partial charge in [-0.2, -0.15) is 10.2 Å². The predicted octanol–water partition coefficient (Wildman–Crippen LogP) is 3.20. The molecule has 0 fully saturated rings. The molecule has 2 aromatic heterocycles. The third-order valence-electron chi connectivity index (χ3n) is 6.14. The van der Waals surface area contributed by atoms with Crippen molar-refractivity contribution < 1.29 is 4.74 Å². The minimum Gasteiger partial charge on any atom is -0.494 e. The van der Waals surface area contributed by atoms with Gasteiger partial charge in [-0.1, -0.05) is 12.1 Å². The van der Waals surface area contributed by atoms with Crippen LogP contribution in [0.15, 0.2) is 53.5 Å². The van der Waals surface area contributed by atoms with E-state index in [0.29, 0.717) is 50.8 Å². The highest BCUT2D eigenvalue weighted by atomic mass is 16.5. The first-order valence-electron chi connectivity index (χ1n) is 11.7. The second-order valence-electron chi connectivity index (χ2n) is 9.05. The number of ether oxygens (including phenoxy) is 1. The van der Waals surface area contributed by atoms with Crippen LogP contribution in [0.1, 0.15) is 5.56 Å². The molecule has 0 aliphatic heterocycles. The van der Waals surface area contributed by atoms with E-state index in [2.05, 4.69) is 31.2 Å².